The second kappa shape index (κ2) is 8.13. The first kappa shape index (κ1) is 22.2. The van der Waals surface area contributed by atoms with Gasteiger partial charge in [0.25, 0.3) is 5.91 Å². The predicted octanol–water partition coefficient (Wildman–Crippen LogP) is 5.31. The first-order valence-corrected chi connectivity index (χ1v) is 13.4. The summed E-state index contributed by atoms with van der Waals surface area (Å²) in [5, 5.41) is 16.7. The van der Waals surface area contributed by atoms with Gasteiger partial charge in [-0.3, -0.25) is 4.79 Å². The number of ether oxygens (including phenoxy) is 1. The minimum Gasteiger partial charge on any atom is -0.497 e. The number of nitrogens with one attached hydrogen (secondary N) is 2. The molecule has 6 heteroatoms. The molecule has 4 aliphatic rings. The molecule has 1 aromatic carbocycles. The highest BCUT2D eigenvalue weighted by Gasteiger charge is 2.64. The van der Waals surface area contributed by atoms with E-state index in [0.717, 1.165) is 51.2 Å². The van der Waals surface area contributed by atoms with Crippen molar-refractivity contribution in [1.29, 1.82) is 0 Å². The number of methoxy groups -OCH3 is 1. The molecule has 1 unspecified atom stereocenters. The lowest BCUT2D eigenvalue weighted by Gasteiger charge is -2.61. The summed E-state index contributed by atoms with van der Waals surface area (Å²) in [6, 6.07) is 10.0. The van der Waals surface area contributed by atoms with Crippen LogP contribution in [0.3, 0.4) is 0 Å². The monoisotopic (exact) mass is 478 g/mol. The minimum atomic E-state index is -1.45. The Balaban J connectivity index is 1.26. The van der Waals surface area contributed by atoms with Gasteiger partial charge in [-0.25, -0.2) is 0 Å². The number of carbonyl (C=O) groups excluding carboxylic acids is 1. The molecule has 0 saturated heterocycles. The molecule has 180 valence electrons. The third kappa shape index (κ3) is 3.41. The van der Waals surface area contributed by atoms with Gasteiger partial charge in [-0.15, -0.1) is 11.3 Å². The number of hydrogen-bond acceptors (Lipinski definition) is 4. The van der Waals surface area contributed by atoms with Gasteiger partial charge in [-0.1, -0.05) is 0 Å². The highest BCUT2D eigenvalue weighted by molar-refractivity contribution is 7.12. The normalized spacial score (nSPS) is 29.3. The average Bonchev–Trinajstić information content (AvgIpc) is 3.43. The number of amides is 1. The zero-order valence-corrected chi connectivity index (χ0v) is 20.8. The predicted molar refractivity (Wildman–Crippen MR) is 135 cm³/mol. The van der Waals surface area contributed by atoms with E-state index in [1.54, 1.807) is 18.4 Å². The molecule has 3 aromatic rings. The van der Waals surface area contributed by atoms with Crippen molar-refractivity contribution in [3.63, 3.8) is 0 Å². The largest absolute Gasteiger partial charge is 0.497 e. The minimum absolute atomic E-state index is 0.214. The first-order valence-electron chi connectivity index (χ1n) is 12.6. The summed E-state index contributed by atoms with van der Waals surface area (Å²) in [6.07, 6.45) is 9.47. The molecule has 4 saturated carbocycles. The van der Waals surface area contributed by atoms with Crippen LogP contribution in [-0.2, 0) is 16.8 Å². The Morgan fingerprint density at radius 1 is 1.18 bits per heavy atom. The van der Waals surface area contributed by atoms with Crippen LogP contribution in [0.5, 0.6) is 5.75 Å². The number of aliphatic hydroxyl groups is 1. The van der Waals surface area contributed by atoms with E-state index >= 15 is 0 Å². The van der Waals surface area contributed by atoms with Crippen LogP contribution in [-0.4, -0.2) is 29.7 Å². The molecule has 0 radical (unpaired) electrons. The second-order valence-corrected chi connectivity index (χ2v) is 12.3. The van der Waals surface area contributed by atoms with Crippen molar-refractivity contribution in [2.75, 3.05) is 13.7 Å². The van der Waals surface area contributed by atoms with E-state index < -0.39 is 5.60 Å². The number of benzene rings is 1. The topological polar surface area (TPSA) is 74.3 Å². The van der Waals surface area contributed by atoms with Crippen LogP contribution in [0.4, 0.5) is 0 Å². The van der Waals surface area contributed by atoms with E-state index in [4.69, 9.17) is 4.74 Å². The molecule has 4 bridgehead atoms. The molecule has 7 rings (SSSR count). The van der Waals surface area contributed by atoms with Crippen molar-refractivity contribution in [3.05, 3.63) is 51.8 Å². The van der Waals surface area contributed by atoms with Crippen LogP contribution < -0.4 is 10.1 Å². The van der Waals surface area contributed by atoms with Gasteiger partial charge in [-0.2, -0.15) is 0 Å². The second-order valence-electron chi connectivity index (χ2n) is 11.0. The molecular formula is C28H34N2O3S. The Morgan fingerprint density at radius 2 is 1.88 bits per heavy atom. The van der Waals surface area contributed by atoms with Crippen LogP contribution in [0.25, 0.3) is 10.9 Å². The van der Waals surface area contributed by atoms with E-state index in [2.05, 4.69) is 17.2 Å². The Kier molecular flexibility index (Phi) is 5.30. The number of carbonyl (C=O) groups is 1. The quantitative estimate of drug-likeness (QED) is 0.431. The molecule has 0 spiro atoms. The van der Waals surface area contributed by atoms with Crippen LogP contribution in [0.2, 0.25) is 0 Å². The summed E-state index contributed by atoms with van der Waals surface area (Å²) >= 11 is 1.58. The highest BCUT2D eigenvalue weighted by atomic mass is 32.1. The molecule has 3 N–H and O–H groups in total. The molecule has 4 aliphatic carbocycles. The highest BCUT2D eigenvalue weighted by Crippen LogP contribution is 2.66. The van der Waals surface area contributed by atoms with Gasteiger partial charge in [0, 0.05) is 38.8 Å². The molecule has 34 heavy (non-hydrogen) atoms. The summed E-state index contributed by atoms with van der Waals surface area (Å²) < 4.78 is 5.39. The maximum atomic E-state index is 13.9. The van der Waals surface area contributed by atoms with Crippen molar-refractivity contribution in [3.8, 4) is 5.75 Å². The summed E-state index contributed by atoms with van der Waals surface area (Å²) in [5.41, 5.74) is 0.406. The zero-order chi connectivity index (χ0) is 23.5. The fraction of sp³-hybridized carbons (Fsp3) is 0.536. The van der Waals surface area contributed by atoms with Crippen molar-refractivity contribution in [2.45, 2.75) is 57.5 Å². The molecular weight excluding hydrogens is 444 g/mol. The van der Waals surface area contributed by atoms with Crippen LogP contribution in [0.15, 0.2) is 36.5 Å². The summed E-state index contributed by atoms with van der Waals surface area (Å²) in [7, 11) is 1.67. The lowest BCUT2D eigenvalue weighted by Crippen LogP contribution is -2.62. The number of hydrogen-bond donors (Lipinski definition) is 3. The Morgan fingerprint density at radius 3 is 2.50 bits per heavy atom. The van der Waals surface area contributed by atoms with E-state index in [0.29, 0.717) is 30.7 Å². The molecule has 4 fully saturated rings. The molecule has 2 aromatic heterocycles. The van der Waals surface area contributed by atoms with Crippen molar-refractivity contribution in [1.82, 2.24) is 10.3 Å². The number of rotatable bonds is 7. The smallest absolute Gasteiger partial charge is 0.258 e. The molecule has 0 aliphatic heterocycles. The SMILES string of the molecule is COc1ccc2[nH]cc(CCNC(=O)C(O)(c3ccc(C)s3)C34CC5CC(CC(C5)C3)C4)c2c1. The Bertz CT molecular complexity index is 1190. The fourth-order valence-electron chi connectivity index (χ4n) is 7.73. The lowest BCUT2D eigenvalue weighted by molar-refractivity contribution is -0.193. The van der Waals surface area contributed by atoms with E-state index in [9.17, 15) is 9.90 Å². The fourth-order valence-corrected chi connectivity index (χ4v) is 8.80. The van der Waals surface area contributed by atoms with Gasteiger partial charge in [0.1, 0.15) is 5.75 Å². The van der Waals surface area contributed by atoms with E-state index in [-0.39, 0.29) is 11.3 Å². The molecule has 2 heterocycles. The van der Waals surface area contributed by atoms with Gasteiger partial charge < -0.3 is 20.1 Å². The summed E-state index contributed by atoms with van der Waals surface area (Å²) in [6.45, 7) is 2.54. The van der Waals surface area contributed by atoms with Crippen molar-refractivity contribution in [2.24, 2.45) is 23.2 Å². The molecule has 1 amide bonds. The third-order valence-electron chi connectivity index (χ3n) is 8.89. The summed E-state index contributed by atoms with van der Waals surface area (Å²) in [4.78, 5) is 19.2. The lowest BCUT2D eigenvalue weighted by atomic mass is 9.45. The number of aryl methyl sites for hydroxylation is 1. The van der Waals surface area contributed by atoms with Gasteiger partial charge in [-0.05, 0) is 106 Å². The van der Waals surface area contributed by atoms with Gasteiger partial charge in [0.2, 0.25) is 0 Å². The van der Waals surface area contributed by atoms with E-state index in [1.807, 2.05) is 36.5 Å². The van der Waals surface area contributed by atoms with E-state index in [1.165, 1.54) is 19.3 Å². The van der Waals surface area contributed by atoms with Crippen LogP contribution in [0.1, 0.15) is 53.8 Å². The standard InChI is InChI=1S/C28H34N2O3S/c1-17-3-6-25(34-17)28(32,27-13-18-9-19(14-27)11-20(10-18)15-27)26(31)29-8-7-21-16-30-24-5-4-22(33-2)12-23(21)24/h3-6,12,16,18-20,30,32H,7-11,13-15H2,1-2H3,(H,29,31). The number of aromatic amines is 1. The van der Waals surface area contributed by atoms with Gasteiger partial charge in [0.05, 0.1) is 7.11 Å². The number of thiophene rings is 1. The van der Waals surface area contributed by atoms with Crippen molar-refractivity contribution < 1.29 is 14.6 Å². The number of aromatic nitrogens is 1. The number of fused-ring (bicyclic) bond motifs is 1. The zero-order valence-electron chi connectivity index (χ0n) is 20.0. The van der Waals surface area contributed by atoms with Gasteiger partial charge in [0.15, 0.2) is 5.60 Å². The maximum absolute atomic E-state index is 13.9. The molecule has 1 atom stereocenters. The van der Waals surface area contributed by atoms with Crippen molar-refractivity contribution >= 4 is 28.1 Å². The average molecular weight is 479 g/mol. The van der Waals surface area contributed by atoms with Gasteiger partial charge >= 0.3 is 0 Å². The maximum Gasteiger partial charge on any atom is 0.258 e. The van der Waals surface area contributed by atoms with Crippen LogP contribution in [0, 0.1) is 30.1 Å². The Labute approximate surface area is 204 Å². The number of H-pyrrole nitrogens is 1. The summed E-state index contributed by atoms with van der Waals surface area (Å²) in [5.74, 6) is 2.59. The van der Waals surface area contributed by atoms with Crippen LogP contribution >= 0.6 is 11.3 Å². The third-order valence-corrected chi connectivity index (χ3v) is 10.00. The first-order chi connectivity index (χ1) is 16.4. The molecule has 5 nitrogen and oxygen atoms in total. The Hall–Kier alpha value is -2.31.